The highest BCUT2D eigenvalue weighted by molar-refractivity contribution is 7.99. The van der Waals surface area contributed by atoms with E-state index < -0.39 is 0 Å². The van der Waals surface area contributed by atoms with Crippen molar-refractivity contribution in [2.24, 2.45) is 11.3 Å². The van der Waals surface area contributed by atoms with E-state index in [1.807, 2.05) is 11.8 Å². The third-order valence-corrected chi connectivity index (χ3v) is 5.01. The van der Waals surface area contributed by atoms with Crippen molar-refractivity contribution in [3.63, 3.8) is 0 Å². The molecule has 0 atom stereocenters. The summed E-state index contributed by atoms with van der Waals surface area (Å²) in [5, 5.41) is 9.40. The minimum Gasteiger partial charge on any atom is -0.198 e. The predicted octanol–water partition coefficient (Wildman–Crippen LogP) is 4.63. The van der Waals surface area contributed by atoms with Crippen LogP contribution in [0, 0.1) is 22.7 Å². The fourth-order valence-corrected chi connectivity index (χ4v) is 3.35. The second-order valence-electron chi connectivity index (χ2n) is 5.04. The molecular weight excluding hydrogens is 214 g/mol. The summed E-state index contributed by atoms with van der Waals surface area (Å²) in [6, 6.07) is 2.63. The summed E-state index contributed by atoms with van der Waals surface area (Å²) >= 11 is 2.00. The van der Waals surface area contributed by atoms with Gasteiger partial charge in [0, 0.05) is 0 Å². The highest BCUT2D eigenvalue weighted by atomic mass is 32.2. The molecule has 0 aromatic rings. The average molecular weight is 239 g/mol. The van der Waals surface area contributed by atoms with E-state index in [-0.39, 0.29) is 5.41 Å². The predicted molar refractivity (Wildman–Crippen MR) is 72.5 cm³/mol. The zero-order valence-electron chi connectivity index (χ0n) is 10.8. The summed E-state index contributed by atoms with van der Waals surface area (Å²) in [5.41, 5.74) is 0.0416. The van der Waals surface area contributed by atoms with Gasteiger partial charge in [0.25, 0.3) is 0 Å². The van der Waals surface area contributed by atoms with Gasteiger partial charge in [0.1, 0.15) is 0 Å². The Balaban J connectivity index is 2.32. The molecule has 0 heterocycles. The van der Waals surface area contributed by atoms with Gasteiger partial charge in [0.2, 0.25) is 0 Å². The monoisotopic (exact) mass is 239 g/mol. The van der Waals surface area contributed by atoms with E-state index in [1.165, 1.54) is 37.2 Å². The summed E-state index contributed by atoms with van der Waals surface area (Å²) in [4.78, 5) is 0. The molecule has 1 aliphatic carbocycles. The number of hydrogen-bond donors (Lipinski definition) is 0. The van der Waals surface area contributed by atoms with Gasteiger partial charge in [0.15, 0.2) is 0 Å². The first kappa shape index (κ1) is 13.9. The van der Waals surface area contributed by atoms with Crippen molar-refractivity contribution < 1.29 is 0 Å². The third kappa shape index (κ3) is 4.01. The molecule has 0 bridgehead atoms. The van der Waals surface area contributed by atoms with E-state index in [0.717, 1.165) is 25.2 Å². The molecule has 0 spiro atoms. The van der Waals surface area contributed by atoms with Crippen molar-refractivity contribution in [2.75, 3.05) is 11.5 Å². The largest absolute Gasteiger partial charge is 0.198 e. The van der Waals surface area contributed by atoms with Crippen LogP contribution in [0.25, 0.3) is 0 Å². The molecule has 2 heteroatoms. The standard InChI is InChI=1S/C14H25NS/c1-3-13-6-9-14(12-15,10-7-13)8-5-11-16-4-2/h13H,3-11H2,1-2H3. The molecule has 0 aromatic carbocycles. The van der Waals surface area contributed by atoms with E-state index >= 15 is 0 Å². The number of nitrogens with zero attached hydrogens (tertiary/aromatic N) is 1. The van der Waals surface area contributed by atoms with Crippen molar-refractivity contribution >= 4 is 11.8 Å². The number of hydrogen-bond acceptors (Lipinski definition) is 2. The Labute approximate surface area is 105 Å². The summed E-state index contributed by atoms with van der Waals surface area (Å²) in [6.45, 7) is 4.49. The van der Waals surface area contributed by atoms with Gasteiger partial charge >= 0.3 is 0 Å². The van der Waals surface area contributed by atoms with Gasteiger partial charge in [-0.3, -0.25) is 0 Å². The molecule has 1 saturated carbocycles. The van der Waals surface area contributed by atoms with Gasteiger partial charge in [-0.05, 0) is 55.9 Å². The Hall–Kier alpha value is -0.160. The molecule has 0 N–H and O–H groups in total. The fraction of sp³-hybridized carbons (Fsp3) is 0.929. The molecule has 0 amide bonds. The molecule has 1 aliphatic rings. The maximum absolute atomic E-state index is 9.40. The molecule has 1 fully saturated rings. The van der Waals surface area contributed by atoms with Crippen molar-refractivity contribution in [3.05, 3.63) is 0 Å². The van der Waals surface area contributed by atoms with Gasteiger partial charge in [0.05, 0.1) is 11.5 Å². The highest BCUT2D eigenvalue weighted by Crippen LogP contribution is 2.42. The average Bonchev–Trinajstić information content (AvgIpc) is 2.35. The van der Waals surface area contributed by atoms with Crippen LogP contribution >= 0.6 is 11.8 Å². The summed E-state index contributed by atoms with van der Waals surface area (Å²) < 4.78 is 0. The van der Waals surface area contributed by atoms with Crippen molar-refractivity contribution in [3.8, 4) is 6.07 Å². The lowest BCUT2D eigenvalue weighted by atomic mass is 9.68. The second kappa shape index (κ2) is 7.22. The smallest absolute Gasteiger partial charge is 0.0689 e. The Morgan fingerprint density at radius 1 is 1.31 bits per heavy atom. The normalized spacial score (nSPS) is 29.9. The zero-order chi connectivity index (χ0) is 11.9. The van der Waals surface area contributed by atoms with Crippen LogP contribution < -0.4 is 0 Å². The lowest BCUT2D eigenvalue weighted by Crippen LogP contribution is -2.26. The van der Waals surface area contributed by atoms with Gasteiger partial charge in [-0.15, -0.1) is 0 Å². The van der Waals surface area contributed by atoms with Crippen molar-refractivity contribution in [2.45, 2.75) is 58.8 Å². The molecule has 0 unspecified atom stereocenters. The van der Waals surface area contributed by atoms with Crippen LogP contribution in [0.2, 0.25) is 0 Å². The SMILES string of the molecule is CCSCCCC1(C#N)CCC(CC)CC1. The molecule has 92 valence electrons. The van der Waals surface area contributed by atoms with E-state index in [0.29, 0.717) is 0 Å². The van der Waals surface area contributed by atoms with Gasteiger partial charge < -0.3 is 0 Å². The second-order valence-corrected chi connectivity index (χ2v) is 6.44. The topological polar surface area (TPSA) is 23.8 Å². The number of thioether (sulfide) groups is 1. The first-order chi connectivity index (χ1) is 7.76. The van der Waals surface area contributed by atoms with E-state index in [4.69, 9.17) is 0 Å². The van der Waals surface area contributed by atoms with Gasteiger partial charge in [-0.1, -0.05) is 20.3 Å². The molecule has 1 rings (SSSR count). The molecule has 16 heavy (non-hydrogen) atoms. The number of rotatable bonds is 6. The molecule has 1 nitrogen and oxygen atoms in total. The highest BCUT2D eigenvalue weighted by Gasteiger charge is 2.34. The molecule has 0 saturated heterocycles. The van der Waals surface area contributed by atoms with Crippen molar-refractivity contribution in [1.29, 1.82) is 5.26 Å². The minimum atomic E-state index is 0.0416. The van der Waals surface area contributed by atoms with Crippen LogP contribution in [0.5, 0.6) is 0 Å². The maximum atomic E-state index is 9.40. The lowest BCUT2D eigenvalue weighted by Gasteiger charge is -2.34. The van der Waals surface area contributed by atoms with Crippen LogP contribution in [-0.4, -0.2) is 11.5 Å². The van der Waals surface area contributed by atoms with Crippen LogP contribution in [0.1, 0.15) is 58.8 Å². The quantitative estimate of drug-likeness (QED) is 0.631. The molecule has 0 aliphatic heterocycles. The van der Waals surface area contributed by atoms with Crippen LogP contribution in [0.15, 0.2) is 0 Å². The van der Waals surface area contributed by atoms with E-state index in [9.17, 15) is 5.26 Å². The van der Waals surface area contributed by atoms with Crippen LogP contribution in [0.4, 0.5) is 0 Å². The van der Waals surface area contributed by atoms with E-state index in [1.54, 1.807) is 0 Å². The van der Waals surface area contributed by atoms with Crippen LogP contribution in [0.3, 0.4) is 0 Å². The Kier molecular flexibility index (Phi) is 6.28. The first-order valence-corrected chi connectivity index (χ1v) is 7.91. The Morgan fingerprint density at radius 2 is 2.00 bits per heavy atom. The first-order valence-electron chi connectivity index (χ1n) is 6.75. The third-order valence-electron chi connectivity index (χ3n) is 4.02. The molecular formula is C14H25NS. The van der Waals surface area contributed by atoms with Gasteiger partial charge in [-0.2, -0.15) is 17.0 Å². The summed E-state index contributed by atoms with van der Waals surface area (Å²) in [6.07, 6.45) is 8.52. The maximum Gasteiger partial charge on any atom is 0.0689 e. The summed E-state index contributed by atoms with van der Waals surface area (Å²) in [7, 11) is 0. The minimum absolute atomic E-state index is 0.0416. The summed E-state index contributed by atoms with van der Waals surface area (Å²) in [5.74, 6) is 3.33. The fourth-order valence-electron chi connectivity index (χ4n) is 2.71. The molecule has 0 aromatic heterocycles. The zero-order valence-corrected chi connectivity index (χ0v) is 11.6. The Morgan fingerprint density at radius 3 is 2.50 bits per heavy atom. The van der Waals surface area contributed by atoms with Crippen LogP contribution in [-0.2, 0) is 0 Å². The number of nitriles is 1. The van der Waals surface area contributed by atoms with Gasteiger partial charge in [-0.25, -0.2) is 0 Å². The van der Waals surface area contributed by atoms with E-state index in [2.05, 4.69) is 19.9 Å². The van der Waals surface area contributed by atoms with Crippen molar-refractivity contribution in [1.82, 2.24) is 0 Å². The molecule has 0 radical (unpaired) electrons. The lowest BCUT2D eigenvalue weighted by molar-refractivity contribution is 0.193. The Bertz CT molecular complexity index is 223.